The van der Waals surface area contributed by atoms with E-state index in [9.17, 15) is 5.21 Å². The highest BCUT2D eigenvalue weighted by atomic mass is 35.5. The number of hydrogen-bond donors (Lipinski definition) is 2. The number of nitrogens with one attached hydrogen (secondary N) is 2. The Bertz CT molecular complexity index is 1150. The van der Waals surface area contributed by atoms with Crippen molar-refractivity contribution in [2.45, 2.75) is 26.2 Å². The zero-order valence-electron chi connectivity index (χ0n) is 16.3. The molecule has 0 amide bonds. The van der Waals surface area contributed by atoms with Crippen molar-refractivity contribution in [1.29, 1.82) is 0 Å². The van der Waals surface area contributed by atoms with Crippen molar-refractivity contribution in [2.75, 3.05) is 18.4 Å². The maximum atomic E-state index is 13.0. The van der Waals surface area contributed by atoms with Crippen LogP contribution in [0, 0.1) is 12.1 Å². The Balaban J connectivity index is 0.00000205. The highest BCUT2D eigenvalue weighted by Crippen LogP contribution is 2.33. The summed E-state index contributed by atoms with van der Waals surface area (Å²) >= 11 is 0. The number of rotatable bonds is 3. The lowest BCUT2D eigenvalue weighted by Crippen LogP contribution is -2.47. The molecular weight excluding hydrogens is 386 g/mol. The van der Waals surface area contributed by atoms with Gasteiger partial charge < -0.3 is 20.2 Å². The first-order valence-electron chi connectivity index (χ1n) is 9.82. The second-order valence-electron chi connectivity index (χ2n) is 7.64. The molecule has 4 aromatic rings. The number of anilines is 2. The number of halogens is 1. The molecule has 2 N–H and O–H groups in total. The van der Waals surface area contributed by atoms with Gasteiger partial charge in [0.25, 0.3) is 0 Å². The van der Waals surface area contributed by atoms with Crippen LogP contribution in [-0.2, 0) is 0 Å². The van der Waals surface area contributed by atoms with E-state index in [1.165, 1.54) is 6.42 Å². The molecule has 5 rings (SSSR count). The first-order valence-corrected chi connectivity index (χ1v) is 9.82. The number of quaternary nitrogens is 1. The van der Waals surface area contributed by atoms with Crippen LogP contribution in [0.25, 0.3) is 21.9 Å². The lowest BCUT2D eigenvalue weighted by atomic mass is 10.1. The van der Waals surface area contributed by atoms with E-state index in [-0.39, 0.29) is 17.1 Å². The summed E-state index contributed by atoms with van der Waals surface area (Å²) < 4.78 is -0.202. The number of imidazole rings is 1. The van der Waals surface area contributed by atoms with E-state index in [0.717, 1.165) is 57.5 Å². The zero-order chi connectivity index (χ0) is 19.1. The summed E-state index contributed by atoms with van der Waals surface area (Å²) in [6.45, 7) is 3.35. The molecule has 1 fully saturated rings. The molecule has 0 unspecified atom stereocenters. The first-order chi connectivity index (χ1) is 13.6. The van der Waals surface area contributed by atoms with Crippen LogP contribution < -0.4 is 9.96 Å². The number of hydrogen-bond acceptors (Lipinski definition) is 4. The molecule has 0 bridgehead atoms. The fraction of sp³-hybridized carbons (Fsp3) is 0.273. The van der Waals surface area contributed by atoms with Gasteiger partial charge in [0.1, 0.15) is 5.69 Å². The first kappa shape index (κ1) is 19.6. The summed E-state index contributed by atoms with van der Waals surface area (Å²) in [5.41, 5.74) is 6.54. The number of pyridine rings is 1. The van der Waals surface area contributed by atoms with Gasteiger partial charge >= 0.3 is 0 Å². The zero-order valence-corrected chi connectivity index (χ0v) is 17.1. The van der Waals surface area contributed by atoms with Gasteiger partial charge in [-0.25, -0.2) is 4.98 Å². The summed E-state index contributed by atoms with van der Waals surface area (Å²) in [6.07, 6.45) is 4.88. The Morgan fingerprint density at radius 3 is 2.48 bits per heavy atom. The minimum absolute atomic E-state index is 0. The molecule has 3 heterocycles. The number of fused-ring (bicyclic) bond motifs is 3. The average Bonchev–Trinajstić information content (AvgIpc) is 3.17. The molecule has 1 aliphatic heterocycles. The van der Waals surface area contributed by atoms with Gasteiger partial charge in [-0.1, -0.05) is 0 Å². The van der Waals surface area contributed by atoms with Crippen molar-refractivity contribution in [1.82, 2.24) is 19.6 Å². The lowest BCUT2D eigenvalue weighted by molar-refractivity contribution is 0.307. The molecule has 2 aromatic carbocycles. The topological polar surface area (TPSA) is 76.7 Å². The molecule has 2 aromatic heterocycles. The van der Waals surface area contributed by atoms with Gasteiger partial charge in [-0.15, -0.1) is 12.4 Å². The molecule has 150 valence electrons. The maximum absolute atomic E-state index is 13.0. The molecule has 1 aliphatic rings. The van der Waals surface area contributed by atoms with Crippen molar-refractivity contribution >= 4 is 51.4 Å². The molecular formula is C22H24ClN5O. The van der Waals surface area contributed by atoms with Crippen LogP contribution in [0.5, 0.6) is 0 Å². The monoisotopic (exact) mass is 409 g/mol. The fourth-order valence-corrected chi connectivity index (χ4v) is 4.22. The van der Waals surface area contributed by atoms with Crippen LogP contribution in [0.15, 0.2) is 48.8 Å². The van der Waals surface area contributed by atoms with Crippen molar-refractivity contribution in [3.8, 4) is 0 Å². The van der Waals surface area contributed by atoms with Crippen molar-refractivity contribution in [3.63, 3.8) is 0 Å². The minimum atomic E-state index is -0.202. The molecule has 0 spiro atoms. The Morgan fingerprint density at radius 1 is 1.00 bits per heavy atom. The second kappa shape index (κ2) is 7.63. The van der Waals surface area contributed by atoms with Gasteiger partial charge in [-0.3, -0.25) is 4.98 Å². The largest absolute Gasteiger partial charge is 0.627 e. The molecule has 0 radical (unpaired) electrons. The van der Waals surface area contributed by atoms with Gasteiger partial charge in [0.2, 0.25) is 0 Å². The number of aromatic amines is 1. The molecule has 0 atom stereocenters. The second-order valence-corrected chi connectivity index (χ2v) is 7.64. The normalized spacial score (nSPS) is 15.9. The average molecular weight is 410 g/mol. The molecule has 7 heteroatoms. The number of nitrogens with zero attached hydrogens (tertiary/aromatic N) is 3. The molecule has 29 heavy (non-hydrogen) atoms. The minimum Gasteiger partial charge on any atom is -0.627 e. The number of benzene rings is 2. The maximum Gasteiger partial charge on any atom is 0.132 e. The third kappa shape index (κ3) is 3.55. The molecule has 0 aliphatic carbocycles. The highest BCUT2D eigenvalue weighted by Gasteiger charge is 2.23. The Labute approximate surface area is 175 Å². The van der Waals surface area contributed by atoms with Crippen LogP contribution in [-0.4, -0.2) is 28.0 Å². The summed E-state index contributed by atoms with van der Waals surface area (Å²) in [6, 6.07) is 13.9. The summed E-state index contributed by atoms with van der Waals surface area (Å²) in [4.78, 5) is 12.3. The number of hydroxylamine groups is 2. The number of H-pyrrole nitrogens is 1. The fourth-order valence-electron chi connectivity index (χ4n) is 4.22. The summed E-state index contributed by atoms with van der Waals surface area (Å²) in [5.74, 6) is 0. The molecule has 0 saturated carbocycles. The van der Waals surface area contributed by atoms with Crippen molar-refractivity contribution < 1.29 is 0 Å². The van der Waals surface area contributed by atoms with Crippen LogP contribution in [0.3, 0.4) is 0 Å². The van der Waals surface area contributed by atoms with E-state index >= 15 is 0 Å². The van der Waals surface area contributed by atoms with Crippen LogP contribution >= 0.6 is 12.4 Å². The van der Waals surface area contributed by atoms with Crippen LogP contribution in [0.1, 0.15) is 25.0 Å². The summed E-state index contributed by atoms with van der Waals surface area (Å²) in [5, 5.41) is 17.6. The number of piperidine rings is 1. The van der Waals surface area contributed by atoms with Gasteiger partial charge in [0.05, 0.1) is 41.7 Å². The van der Waals surface area contributed by atoms with E-state index in [4.69, 9.17) is 0 Å². The Kier molecular flexibility index (Phi) is 5.17. The van der Waals surface area contributed by atoms with Crippen LogP contribution in [0.4, 0.5) is 17.1 Å². The van der Waals surface area contributed by atoms with Gasteiger partial charge in [0.15, 0.2) is 0 Å². The predicted molar refractivity (Wildman–Crippen MR) is 122 cm³/mol. The van der Waals surface area contributed by atoms with Gasteiger partial charge in [-0.2, -0.15) is 0 Å². The lowest BCUT2D eigenvalue weighted by Gasteiger charge is -2.44. The van der Waals surface area contributed by atoms with Crippen LogP contribution in [0.2, 0.25) is 0 Å². The highest BCUT2D eigenvalue weighted by molar-refractivity contribution is 6.10. The van der Waals surface area contributed by atoms with Crippen molar-refractivity contribution in [2.24, 2.45) is 0 Å². The van der Waals surface area contributed by atoms with E-state index in [1.54, 1.807) is 6.33 Å². The number of aromatic nitrogens is 3. The summed E-state index contributed by atoms with van der Waals surface area (Å²) in [7, 11) is 0. The smallest absolute Gasteiger partial charge is 0.132 e. The van der Waals surface area contributed by atoms with Gasteiger partial charge in [-0.05, 0) is 56.5 Å². The SMILES string of the molecule is Cc1cc(Nc2ccc([N+]3([O-])CCCCC3)cc2)c2c(ccc3nc[nH]c32)n1.Cl. The van der Waals surface area contributed by atoms with Gasteiger partial charge in [0, 0.05) is 28.9 Å². The predicted octanol–water partition coefficient (Wildman–Crippen LogP) is 5.57. The quantitative estimate of drug-likeness (QED) is 0.342. The van der Waals surface area contributed by atoms with Crippen molar-refractivity contribution in [3.05, 3.63) is 59.7 Å². The molecule has 1 saturated heterocycles. The van der Waals surface area contributed by atoms with E-state index in [0.29, 0.717) is 13.1 Å². The van der Waals surface area contributed by atoms with E-state index in [2.05, 4.69) is 20.3 Å². The third-order valence-electron chi connectivity index (χ3n) is 5.65. The Morgan fingerprint density at radius 2 is 1.72 bits per heavy atom. The standard InChI is InChI=1S/C22H23N5O.ClH/c1-15-13-20(21-18(25-15)9-10-19-22(21)24-14-23-19)26-16-5-7-17(8-6-16)27(28)11-3-2-4-12-27;/h5-10,13-14H,2-4,11-12H2,1H3,(H,23,24)(H,25,26);1H. The van der Waals surface area contributed by atoms with E-state index < -0.39 is 0 Å². The molecule has 6 nitrogen and oxygen atoms in total. The number of aryl methyl sites for hydroxylation is 1. The third-order valence-corrected chi connectivity index (χ3v) is 5.65. The Hall–Kier alpha value is -2.67. The van der Waals surface area contributed by atoms with E-state index in [1.807, 2.05) is 49.4 Å².